The van der Waals surface area contributed by atoms with Gasteiger partial charge in [0, 0.05) is 11.4 Å². The lowest BCUT2D eigenvalue weighted by Gasteiger charge is -2.08. The van der Waals surface area contributed by atoms with Gasteiger partial charge in [0.15, 0.2) is 0 Å². The van der Waals surface area contributed by atoms with Gasteiger partial charge in [0.25, 0.3) is 0 Å². The van der Waals surface area contributed by atoms with Crippen molar-refractivity contribution in [3.8, 4) is 0 Å². The summed E-state index contributed by atoms with van der Waals surface area (Å²) >= 11 is 8.91. The number of hydrogen-bond acceptors (Lipinski definition) is 2. The molecule has 0 amide bonds. The van der Waals surface area contributed by atoms with Crippen LogP contribution in [0.25, 0.3) is 0 Å². The van der Waals surface area contributed by atoms with Crippen LogP contribution in [0.4, 0.5) is 8.78 Å². The Kier molecular flexibility index (Phi) is 3.14. The second kappa shape index (κ2) is 3.80. The first-order valence-electron chi connectivity index (χ1n) is 3.62. The minimum Gasteiger partial charge on any atom is -0.253 e. The fourth-order valence-electron chi connectivity index (χ4n) is 0.820. The van der Waals surface area contributed by atoms with Gasteiger partial charge in [0.1, 0.15) is 5.69 Å². The Morgan fingerprint density at radius 3 is 2.46 bits per heavy atom. The van der Waals surface area contributed by atoms with Crippen LogP contribution in [-0.4, -0.2) is 4.98 Å². The van der Waals surface area contributed by atoms with Gasteiger partial charge >= 0.3 is 5.38 Å². The normalized spacial score (nSPS) is 14.2. The lowest BCUT2D eigenvalue weighted by molar-refractivity contribution is 0.0900. The average Bonchev–Trinajstić information content (AvgIpc) is 2.03. The molecule has 0 aromatic carbocycles. The minimum absolute atomic E-state index is 0.0227. The van der Waals surface area contributed by atoms with E-state index in [-0.39, 0.29) is 5.25 Å². The Balaban J connectivity index is 2.94. The Bertz CT molecular complexity index is 281. The topological polar surface area (TPSA) is 12.9 Å². The highest BCUT2D eigenvalue weighted by molar-refractivity contribution is 7.80. The molecule has 1 atom stereocenters. The number of nitrogens with zero attached hydrogens (tertiary/aromatic N) is 1. The Hall–Kier alpha value is -0.350. The molecule has 0 bridgehead atoms. The lowest BCUT2D eigenvalue weighted by Crippen LogP contribution is -2.06. The molecule has 0 saturated heterocycles. The van der Waals surface area contributed by atoms with Crippen LogP contribution in [0.3, 0.4) is 0 Å². The maximum Gasteiger partial charge on any atom is 0.364 e. The summed E-state index contributed by atoms with van der Waals surface area (Å²) in [7, 11) is 0. The molecule has 1 nitrogen and oxygen atoms in total. The van der Waals surface area contributed by atoms with Crippen molar-refractivity contribution in [2.75, 3.05) is 0 Å². The van der Waals surface area contributed by atoms with Crippen molar-refractivity contribution in [1.82, 2.24) is 4.98 Å². The highest BCUT2D eigenvalue weighted by atomic mass is 35.5. The summed E-state index contributed by atoms with van der Waals surface area (Å²) in [5.41, 5.74) is 0.347. The molecule has 0 aliphatic carbocycles. The summed E-state index contributed by atoms with van der Waals surface area (Å²) in [4.78, 5) is 3.54. The molecular formula is C8H8ClF2NS. The van der Waals surface area contributed by atoms with Gasteiger partial charge in [-0.25, -0.2) is 0 Å². The second-order valence-corrected chi connectivity index (χ2v) is 3.90. The van der Waals surface area contributed by atoms with Crippen LogP contribution in [0.2, 0.25) is 0 Å². The molecule has 1 aromatic rings. The number of thiol groups is 1. The highest BCUT2D eigenvalue weighted by Gasteiger charge is 2.29. The van der Waals surface area contributed by atoms with Crippen LogP contribution < -0.4 is 0 Å². The first-order chi connectivity index (χ1) is 5.91. The third-order valence-corrected chi connectivity index (χ3v) is 2.05. The summed E-state index contributed by atoms with van der Waals surface area (Å²) < 4.78 is 24.9. The number of pyridine rings is 1. The largest absolute Gasteiger partial charge is 0.364 e. The van der Waals surface area contributed by atoms with E-state index in [9.17, 15) is 8.78 Å². The van der Waals surface area contributed by atoms with Gasteiger partial charge in [-0.05, 0) is 30.2 Å². The van der Waals surface area contributed by atoms with Crippen molar-refractivity contribution >= 4 is 24.2 Å². The molecule has 0 N–H and O–H groups in total. The predicted molar refractivity (Wildman–Crippen MR) is 51.4 cm³/mol. The zero-order chi connectivity index (χ0) is 10.1. The fourth-order valence-corrected chi connectivity index (χ4v) is 1.08. The smallest absolute Gasteiger partial charge is 0.253 e. The van der Waals surface area contributed by atoms with Crippen LogP contribution in [-0.2, 0) is 5.38 Å². The number of halogens is 3. The Morgan fingerprint density at radius 2 is 2.15 bits per heavy atom. The first kappa shape index (κ1) is 10.7. The van der Waals surface area contributed by atoms with Gasteiger partial charge in [-0.15, -0.1) is 0 Å². The third-order valence-electron chi connectivity index (χ3n) is 1.56. The molecule has 0 fully saturated rings. The zero-order valence-corrected chi connectivity index (χ0v) is 8.49. The molecule has 13 heavy (non-hydrogen) atoms. The number of aromatic nitrogens is 1. The minimum atomic E-state index is -3.39. The van der Waals surface area contributed by atoms with E-state index in [4.69, 9.17) is 11.6 Å². The molecule has 5 heteroatoms. The van der Waals surface area contributed by atoms with Crippen molar-refractivity contribution in [2.24, 2.45) is 0 Å². The summed E-state index contributed by atoms with van der Waals surface area (Å²) in [5.74, 6) is 0. The molecule has 0 saturated carbocycles. The molecule has 0 aliphatic rings. The molecule has 1 unspecified atom stereocenters. The third kappa shape index (κ3) is 2.81. The molecule has 0 aliphatic heterocycles. The van der Waals surface area contributed by atoms with Gasteiger partial charge < -0.3 is 0 Å². The van der Waals surface area contributed by atoms with E-state index in [1.54, 1.807) is 0 Å². The van der Waals surface area contributed by atoms with E-state index in [1.807, 2.05) is 6.92 Å². The van der Waals surface area contributed by atoms with Gasteiger partial charge in [0.2, 0.25) is 0 Å². The number of rotatable bonds is 2. The molecule has 1 rings (SSSR count). The van der Waals surface area contributed by atoms with E-state index in [1.165, 1.54) is 18.3 Å². The van der Waals surface area contributed by atoms with Crippen LogP contribution in [0.5, 0.6) is 0 Å². The van der Waals surface area contributed by atoms with Crippen LogP contribution >= 0.6 is 24.2 Å². The van der Waals surface area contributed by atoms with Gasteiger partial charge in [-0.3, -0.25) is 4.98 Å². The van der Waals surface area contributed by atoms with Gasteiger partial charge in [-0.2, -0.15) is 21.4 Å². The highest BCUT2D eigenvalue weighted by Crippen LogP contribution is 2.31. The molecular weight excluding hydrogens is 216 g/mol. The second-order valence-electron chi connectivity index (χ2n) is 2.65. The fraction of sp³-hybridized carbons (Fsp3) is 0.375. The molecule has 1 heterocycles. The Labute approximate surface area is 85.5 Å². The Morgan fingerprint density at radius 1 is 1.54 bits per heavy atom. The number of alkyl halides is 3. The molecule has 1 aromatic heterocycles. The monoisotopic (exact) mass is 223 g/mol. The maximum atomic E-state index is 12.5. The van der Waals surface area contributed by atoms with Gasteiger partial charge in [0.05, 0.1) is 0 Å². The van der Waals surface area contributed by atoms with Crippen molar-refractivity contribution < 1.29 is 8.78 Å². The molecule has 0 spiro atoms. The van der Waals surface area contributed by atoms with Crippen molar-refractivity contribution in [3.63, 3.8) is 0 Å². The van der Waals surface area contributed by atoms with Crippen LogP contribution in [0, 0.1) is 0 Å². The molecule has 72 valence electrons. The number of hydrogen-bond donors (Lipinski definition) is 1. The standard InChI is InChI=1S/C8H8ClF2NS/c1-5(13)6-2-3-7(12-4-6)8(9,10)11/h2-5,13H,1H3. The summed E-state index contributed by atoms with van der Waals surface area (Å²) in [6.45, 7) is 1.83. The van der Waals surface area contributed by atoms with Gasteiger partial charge in [-0.1, -0.05) is 6.07 Å². The summed E-state index contributed by atoms with van der Waals surface area (Å²) in [6, 6.07) is 2.74. The quantitative estimate of drug-likeness (QED) is 0.599. The van der Waals surface area contributed by atoms with E-state index in [0.29, 0.717) is 0 Å². The van der Waals surface area contributed by atoms with E-state index in [0.717, 1.165) is 5.56 Å². The first-order valence-corrected chi connectivity index (χ1v) is 4.52. The van der Waals surface area contributed by atoms with E-state index in [2.05, 4.69) is 17.6 Å². The SMILES string of the molecule is CC(S)c1ccc(C(F)(F)Cl)nc1. The van der Waals surface area contributed by atoms with Crippen LogP contribution in [0.15, 0.2) is 18.3 Å². The average molecular weight is 224 g/mol. The maximum absolute atomic E-state index is 12.5. The summed E-state index contributed by atoms with van der Waals surface area (Å²) in [6.07, 6.45) is 1.35. The predicted octanol–water partition coefficient (Wildman–Crippen LogP) is 3.36. The van der Waals surface area contributed by atoms with E-state index < -0.39 is 11.1 Å². The zero-order valence-electron chi connectivity index (χ0n) is 6.84. The van der Waals surface area contributed by atoms with Crippen LogP contribution in [0.1, 0.15) is 23.4 Å². The van der Waals surface area contributed by atoms with Crippen molar-refractivity contribution in [1.29, 1.82) is 0 Å². The van der Waals surface area contributed by atoms with E-state index >= 15 is 0 Å². The molecule has 0 radical (unpaired) electrons. The summed E-state index contributed by atoms with van der Waals surface area (Å²) in [5, 5.41) is -3.41. The van der Waals surface area contributed by atoms with Crippen molar-refractivity contribution in [3.05, 3.63) is 29.6 Å². The van der Waals surface area contributed by atoms with Crippen molar-refractivity contribution in [2.45, 2.75) is 17.6 Å². The lowest BCUT2D eigenvalue weighted by atomic mass is 10.2.